The van der Waals surface area contributed by atoms with E-state index in [4.69, 9.17) is 153 Å². The quantitative estimate of drug-likeness (QED) is 0.130. The molecule has 0 saturated carbocycles. The van der Waals surface area contributed by atoms with Crippen LogP contribution >= 0.6 is 0 Å². The largest absolute Gasteiger partial charge is 0.457 e. The molecule has 9 aromatic rings. The van der Waals surface area contributed by atoms with Gasteiger partial charge in [-0.3, -0.25) is 0 Å². The zero-order valence-corrected chi connectivity index (χ0v) is 32.9. The average molecular weight is 733 g/mol. The SMILES string of the molecule is [B]c1c([B])c(-c2c3c([B])c([B])c([B])c([B])c3c(-c3cccc4ccccc34)c3c([B])c([B])c([B])c([B])c23)c([B])c([B])c1-c1c([B])c([B])c2oc3c([B])c([B])c([B])c([B])c3c2c1[B]. The van der Waals surface area contributed by atoms with E-state index in [0.29, 0.717) is 21.9 Å². The first kappa shape index (κ1) is 42.9. The summed E-state index contributed by atoms with van der Waals surface area (Å²) in [5.74, 6) is 0. The van der Waals surface area contributed by atoms with E-state index in [-0.39, 0.29) is 159 Å². The summed E-state index contributed by atoms with van der Waals surface area (Å²) in [4.78, 5) is 0. The van der Waals surface area contributed by atoms with E-state index in [1.165, 1.54) is 0 Å². The summed E-state index contributed by atoms with van der Waals surface area (Å²) >= 11 is 0. The van der Waals surface area contributed by atoms with Crippen molar-refractivity contribution >= 4 is 307 Å². The highest BCUT2D eigenvalue weighted by atomic mass is 16.3. The van der Waals surface area contributed by atoms with Gasteiger partial charge in [-0.2, -0.15) is 0 Å². The van der Waals surface area contributed by atoms with E-state index in [0.717, 1.165) is 10.8 Å². The van der Waals surface area contributed by atoms with Crippen molar-refractivity contribution in [3.63, 3.8) is 0 Å². The van der Waals surface area contributed by atoms with Crippen LogP contribution in [0.1, 0.15) is 0 Å². The van der Waals surface area contributed by atoms with Gasteiger partial charge in [0, 0.05) is 10.8 Å². The van der Waals surface area contributed by atoms with Crippen LogP contribution in [0.4, 0.5) is 0 Å². The van der Waals surface area contributed by atoms with Crippen molar-refractivity contribution in [2.45, 2.75) is 0 Å². The molecule has 0 saturated heterocycles. The summed E-state index contributed by atoms with van der Waals surface area (Å²) in [6, 6.07) is 13.4. The van der Waals surface area contributed by atoms with Crippen LogP contribution in [0.25, 0.3) is 87.6 Å². The maximum atomic E-state index is 7.13. The van der Waals surface area contributed by atoms with Crippen molar-refractivity contribution in [1.82, 2.24) is 0 Å². The van der Waals surface area contributed by atoms with Crippen LogP contribution in [0.2, 0.25) is 0 Å². The van der Waals surface area contributed by atoms with Crippen LogP contribution in [0.3, 0.4) is 0 Å². The van der Waals surface area contributed by atoms with E-state index in [2.05, 4.69) is 0 Å². The summed E-state index contributed by atoms with van der Waals surface area (Å²) < 4.78 is 6.07. The molecule has 0 amide bonds. The van der Waals surface area contributed by atoms with E-state index in [1.807, 2.05) is 42.5 Å². The first-order valence-corrected chi connectivity index (χ1v) is 18.7. The maximum Gasteiger partial charge on any atom is 0.127 e. The molecule has 8 aromatic carbocycles. The molecular formula is C42H7B19O. The van der Waals surface area contributed by atoms with Gasteiger partial charge in [-0.1, -0.05) is 113 Å². The lowest BCUT2D eigenvalue weighted by molar-refractivity contribution is 0.675. The highest BCUT2D eigenvalue weighted by Gasteiger charge is 2.29. The van der Waals surface area contributed by atoms with Crippen LogP contribution in [-0.4, -0.2) is 149 Å². The molecule has 1 nitrogen and oxygen atoms in total. The van der Waals surface area contributed by atoms with Crippen molar-refractivity contribution in [2.75, 3.05) is 0 Å². The Labute approximate surface area is 385 Å². The number of fused-ring (bicyclic) bond motifs is 6. The molecule has 0 bridgehead atoms. The Morgan fingerprint density at radius 2 is 0.565 bits per heavy atom. The number of hydrogen-bond donors (Lipinski definition) is 0. The summed E-state index contributed by atoms with van der Waals surface area (Å²) in [7, 11) is 128. The minimum atomic E-state index is -0.141. The molecule has 1 aromatic heterocycles. The Morgan fingerprint density at radius 1 is 0.242 bits per heavy atom. The summed E-state index contributed by atoms with van der Waals surface area (Å²) in [5.41, 5.74) is 0.894. The minimum absolute atomic E-state index is 0.00134. The van der Waals surface area contributed by atoms with Crippen LogP contribution < -0.4 is 104 Å². The van der Waals surface area contributed by atoms with Crippen LogP contribution in [-0.2, 0) is 0 Å². The molecule has 20 heteroatoms. The molecule has 0 aliphatic heterocycles. The number of benzene rings is 8. The van der Waals surface area contributed by atoms with Gasteiger partial charge >= 0.3 is 0 Å². The van der Waals surface area contributed by atoms with Gasteiger partial charge in [0.1, 0.15) is 160 Å². The first-order chi connectivity index (χ1) is 29.3. The van der Waals surface area contributed by atoms with E-state index >= 15 is 0 Å². The van der Waals surface area contributed by atoms with E-state index < -0.39 is 0 Å². The second-order valence-electron chi connectivity index (χ2n) is 15.3. The Morgan fingerprint density at radius 3 is 1.05 bits per heavy atom. The molecule has 0 atom stereocenters. The van der Waals surface area contributed by atoms with Crippen molar-refractivity contribution in [3.8, 4) is 33.4 Å². The lowest BCUT2D eigenvalue weighted by Gasteiger charge is -2.32. The molecular weight excluding hydrogens is 726 g/mol. The number of rotatable bonds is 3. The Hall–Kier alpha value is -4.43. The molecule has 9 rings (SSSR count). The van der Waals surface area contributed by atoms with Crippen LogP contribution in [0, 0.1) is 0 Å². The Bertz CT molecular complexity index is 3460. The minimum Gasteiger partial charge on any atom is -0.457 e. The zero-order valence-electron chi connectivity index (χ0n) is 32.9. The molecule has 0 aliphatic carbocycles. The van der Waals surface area contributed by atoms with Crippen molar-refractivity contribution < 1.29 is 4.42 Å². The molecule has 0 spiro atoms. The highest BCUT2D eigenvalue weighted by Crippen LogP contribution is 2.42. The standard InChI is InChI=1S/C42H7B19O/c43-22-18(31(52)39(60)41-20(22)21-32(53)37(58)38(59)40(61)42(21)62-41)19-29(50)27(48)17(28(49)30(19)51)12-15-13(23(44)33(54)35(56)25(15)46)11(10-7-3-5-8-4-1-2-6-9(8)10)14-16(12)26(47)36(57)34(55)24(14)45/h1-7H. The van der Waals surface area contributed by atoms with Gasteiger partial charge in [0.2, 0.25) is 0 Å². The normalized spacial score (nSPS) is 11.8. The summed E-state index contributed by atoms with van der Waals surface area (Å²) in [6.45, 7) is 0. The van der Waals surface area contributed by atoms with Crippen molar-refractivity contribution in [3.05, 3.63) is 42.5 Å². The fraction of sp³-hybridized carbons (Fsp3) is 0. The molecule has 62 heavy (non-hydrogen) atoms. The van der Waals surface area contributed by atoms with E-state index in [9.17, 15) is 0 Å². The predicted molar refractivity (Wildman–Crippen MR) is 285 cm³/mol. The van der Waals surface area contributed by atoms with Crippen LogP contribution in [0.5, 0.6) is 0 Å². The van der Waals surface area contributed by atoms with Gasteiger partial charge in [0.05, 0.1) is 0 Å². The third-order valence-corrected chi connectivity index (χ3v) is 12.2. The molecule has 0 unspecified atom stereocenters. The average Bonchev–Trinajstić information content (AvgIpc) is 3.68. The van der Waals surface area contributed by atoms with Gasteiger partial charge in [-0.05, 0) is 65.7 Å². The second-order valence-corrected chi connectivity index (χ2v) is 15.3. The van der Waals surface area contributed by atoms with Gasteiger partial charge in [-0.25, -0.2) is 0 Å². The first-order valence-electron chi connectivity index (χ1n) is 18.7. The van der Waals surface area contributed by atoms with Gasteiger partial charge in [0.25, 0.3) is 0 Å². The highest BCUT2D eigenvalue weighted by molar-refractivity contribution is 6.74. The third kappa shape index (κ3) is 5.56. The Balaban J connectivity index is 1.50. The van der Waals surface area contributed by atoms with Crippen molar-refractivity contribution in [2.24, 2.45) is 0 Å². The molecule has 238 valence electrons. The van der Waals surface area contributed by atoms with Crippen molar-refractivity contribution in [1.29, 1.82) is 0 Å². The van der Waals surface area contributed by atoms with Gasteiger partial charge in [0.15, 0.2) is 0 Å². The van der Waals surface area contributed by atoms with Gasteiger partial charge in [-0.15, -0.1) is 32.8 Å². The third-order valence-electron chi connectivity index (χ3n) is 12.2. The zero-order chi connectivity index (χ0) is 44.9. The number of furan rings is 1. The smallest absolute Gasteiger partial charge is 0.127 e. The van der Waals surface area contributed by atoms with Crippen LogP contribution in [0.15, 0.2) is 46.9 Å². The lowest BCUT2D eigenvalue weighted by atomic mass is 9.56. The fourth-order valence-corrected chi connectivity index (χ4v) is 8.94. The fourth-order valence-electron chi connectivity index (χ4n) is 8.94. The Kier molecular flexibility index (Phi) is 10.2. The molecule has 0 N–H and O–H groups in total. The topological polar surface area (TPSA) is 13.1 Å². The predicted octanol–water partition coefficient (Wildman–Crippen LogP) is -10.9. The molecule has 0 aliphatic rings. The maximum absolute atomic E-state index is 7.13. The molecule has 1 heterocycles. The van der Waals surface area contributed by atoms with E-state index in [1.54, 1.807) is 0 Å². The summed E-state index contributed by atoms with van der Waals surface area (Å²) in [6.07, 6.45) is 0. The number of hydrogen-bond acceptors (Lipinski definition) is 1. The monoisotopic (exact) mass is 736 g/mol. The summed E-state index contributed by atoms with van der Waals surface area (Å²) in [5, 5.41) is 3.22. The molecule has 0 fully saturated rings. The molecule has 38 radical (unpaired) electrons. The van der Waals surface area contributed by atoms with Gasteiger partial charge < -0.3 is 4.42 Å². The lowest BCUT2D eigenvalue weighted by Crippen LogP contribution is -2.51. The second kappa shape index (κ2) is 14.8.